The van der Waals surface area contributed by atoms with E-state index in [0.717, 1.165) is 71.3 Å². The van der Waals surface area contributed by atoms with Gasteiger partial charge in [-0.2, -0.15) is 0 Å². The highest BCUT2D eigenvalue weighted by Gasteiger charge is 2.50. The molecule has 1 aromatic heterocycles. The molecule has 4 aliphatic heterocycles. The molecule has 2 saturated heterocycles. The smallest absolute Gasteiger partial charge is 0.267 e. The van der Waals surface area contributed by atoms with Gasteiger partial charge in [-0.25, -0.2) is 5.48 Å². The summed E-state index contributed by atoms with van der Waals surface area (Å²) >= 11 is 0. The summed E-state index contributed by atoms with van der Waals surface area (Å²) in [5, 5.41) is 9.74. The maximum Gasteiger partial charge on any atom is 0.267 e. The number of piperazine rings is 1. The fourth-order valence-electron chi connectivity index (χ4n) is 7.62. The zero-order valence-corrected chi connectivity index (χ0v) is 25.7. The van der Waals surface area contributed by atoms with E-state index in [1.165, 1.54) is 6.08 Å². The first kappa shape index (κ1) is 29.3. The predicted molar refractivity (Wildman–Crippen MR) is 172 cm³/mol. The van der Waals surface area contributed by atoms with Crippen molar-refractivity contribution in [3.05, 3.63) is 101 Å². The van der Waals surface area contributed by atoms with Crippen LogP contribution in [0.1, 0.15) is 46.8 Å². The highest BCUT2D eigenvalue weighted by molar-refractivity contribution is 5.98. The number of aromatic nitrogens is 1. The van der Waals surface area contributed by atoms with Gasteiger partial charge < -0.3 is 24.3 Å². The Morgan fingerprint density at radius 2 is 1.79 bits per heavy atom. The second-order valence-corrected chi connectivity index (χ2v) is 12.6. The van der Waals surface area contributed by atoms with Crippen LogP contribution in [0.3, 0.4) is 0 Å². The Balaban J connectivity index is 1.00. The van der Waals surface area contributed by atoms with Gasteiger partial charge in [0, 0.05) is 54.8 Å². The van der Waals surface area contributed by atoms with Gasteiger partial charge in [-0.05, 0) is 59.4 Å². The molecule has 0 aliphatic carbocycles. The van der Waals surface area contributed by atoms with Crippen molar-refractivity contribution in [3.8, 4) is 11.5 Å². The van der Waals surface area contributed by atoms with E-state index in [9.17, 15) is 14.4 Å². The molecule has 0 unspecified atom stereocenters. The molecule has 11 nitrogen and oxygen atoms in total. The summed E-state index contributed by atoms with van der Waals surface area (Å²) in [4.78, 5) is 49.4. The number of aromatic amines is 1. The van der Waals surface area contributed by atoms with Gasteiger partial charge in [0.25, 0.3) is 5.91 Å². The van der Waals surface area contributed by atoms with Gasteiger partial charge in [0.15, 0.2) is 11.5 Å². The molecule has 11 heteroatoms. The monoisotopic (exact) mass is 633 g/mol. The predicted octanol–water partition coefficient (Wildman–Crippen LogP) is 3.76. The number of benzene rings is 3. The molecular formula is C36H35N5O6. The van der Waals surface area contributed by atoms with Gasteiger partial charge in [-0.15, -0.1) is 0 Å². The standard InChI is InChI=1S/C36H35N5O6/c42-32(38-45)12-9-22-5-7-23(8-6-22)19-39-15-13-25(14-16-39)40-20-33(43)41-29(36(40)44)18-27-26-3-1-2-4-28(26)37-34(27)35(41)24-10-11-30-31(17-24)47-21-46-30/h1-12,17,25,29,35,37,45H,13-16,18-21H2,(H,38,42)/b12-9+/t29-,35-/m1/s1. The third kappa shape index (κ3) is 5.31. The van der Waals surface area contributed by atoms with Crippen LogP contribution in [0, 0.1) is 0 Å². The summed E-state index contributed by atoms with van der Waals surface area (Å²) in [6.07, 6.45) is 4.98. The third-order valence-electron chi connectivity index (χ3n) is 9.93. The number of hydrogen-bond donors (Lipinski definition) is 3. The lowest BCUT2D eigenvalue weighted by atomic mass is 9.85. The van der Waals surface area contributed by atoms with Crippen LogP contribution in [-0.4, -0.2) is 81.1 Å². The number of hydrogen-bond acceptors (Lipinski definition) is 7. The molecule has 2 fully saturated rings. The van der Waals surface area contributed by atoms with Gasteiger partial charge in [0.1, 0.15) is 12.6 Å². The summed E-state index contributed by atoms with van der Waals surface area (Å²) in [6, 6.07) is 20.8. The molecule has 240 valence electrons. The lowest BCUT2D eigenvalue weighted by Crippen LogP contribution is -2.65. The summed E-state index contributed by atoms with van der Waals surface area (Å²) in [6.45, 7) is 2.65. The van der Waals surface area contributed by atoms with Crippen LogP contribution in [0.25, 0.3) is 17.0 Å². The number of likely N-dealkylation sites (tertiary alicyclic amines) is 1. The SMILES string of the molecule is O=C(/C=C/c1ccc(CN2CCC(N3CC(=O)N4[C@H](c5ccc6c(c5)OCO6)c5[nH]c6ccccc6c5C[C@@H]4C3=O)CC2)cc1)NO. The number of fused-ring (bicyclic) bond motifs is 5. The minimum atomic E-state index is -0.590. The van der Waals surface area contributed by atoms with Crippen molar-refractivity contribution in [2.24, 2.45) is 0 Å². The van der Waals surface area contributed by atoms with Gasteiger partial charge in [0.05, 0.1) is 6.04 Å². The van der Waals surface area contributed by atoms with Crippen molar-refractivity contribution in [1.82, 2.24) is 25.2 Å². The lowest BCUT2D eigenvalue weighted by molar-refractivity contribution is -0.161. The van der Waals surface area contributed by atoms with Crippen molar-refractivity contribution >= 4 is 34.7 Å². The Kier molecular flexibility index (Phi) is 7.42. The number of hydroxylamine groups is 1. The normalized spacial score (nSPS) is 21.4. The Morgan fingerprint density at radius 3 is 2.60 bits per heavy atom. The largest absolute Gasteiger partial charge is 0.454 e. The van der Waals surface area contributed by atoms with E-state index in [1.54, 1.807) is 16.5 Å². The Labute approximate surface area is 271 Å². The number of nitrogens with one attached hydrogen (secondary N) is 2. The number of ether oxygens (including phenoxy) is 2. The van der Waals surface area contributed by atoms with Gasteiger partial charge >= 0.3 is 0 Å². The van der Waals surface area contributed by atoms with Gasteiger partial charge in [0.2, 0.25) is 18.6 Å². The molecule has 3 amide bonds. The number of H-pyrrole nitrogens is 1. The van der Waals surface area contributed by atoms with E-state index in [-0.39, 0.29) is 31.2 Å². The first-order valence-electron chi connectivity index (χ1n) is 16.0. The lowest BCUT2D eigenvalue weighted by Gasteiger charge is -2.49. The zero-order chi connectivity index (χ0) is 32.1. The number of piperidine rings is 1. The van der Waals surface area contributed by atoms with Crippen molar-refractivity contribution in [2.45, 2.75) is 43.9 Å². The Morgan fingerprint density at radius 1 is 1.00 bits per heavy atom. The fraction of sp³-hybridized carbons (Fsp3) is 0.306. The molecule has 47 heavy (non-hydrogen) atoms. The molecule has 0 radical (unpaired) electrons. The average Bonchev–Trinajstić information content (AvgIpc) is 3.73. The summed E-state index contributed by atoms with van der Waals surface area (Å²) < 4.78 is 11.2. The van der Waals surface area contributed by atoms with Crippen LogP contribution in [-0.2, 0) is 27.3 Å². The average molecular weight is 634 g/mol. The van der Waals surface area contributed by atoms with Crippen LogP contribution in [0.5, 0.6) is 11.5 Å². The second kappa shape index (κ2) is 11.9. The van der Waals surface area contributed by atoms with Crippen LogP contribution < -0.4 is 15.0 Å². The molecule has 0 spiro atoms. The quantitative estimate of drug-likeness (QED) is 0.168. The molecule has 2 atom stereocenters. The minimum absolute atomic E-state index is 0.00314. The van der Waals surface area contributed by atoms with E-state index in [2.05, 4.69) is 16.0 Å². The van der Waals surface area contributed by atoms with E-state index in [0.29, 0.717) is 17.9 Å². The molecular weight excluding hydrogens is 598 g/mol. The third-order valence-corrected chi connectivity index (χ3v) is 9.93. The molecule has 3 N–H and O–H groups in total. The minimum Gasteiger partial charge on any atom is -0.454 e. The Bertz CT molecular complexity index is 1890. The number of carbonyl (C=O) groups is 3. The molecule has 0 saturated carbocycles. The molecule has 4 aromatic rings. The molecule has 4 aliphatic rings. The molecule has 5 heterocycles. The van der Waals surface area contributed by atoms with E-state index >= 15 is 0 Å². The number of nitrogens with zero attached hydrogens (tertiary/aromatic N) is 3. The first-order chi connectivity index (χ1) is 23.0. The Hall–Kier alpha value is -5.13. The van der Waals surface area contributed by atoms with Crippen LogP contribution in [0.2, 0.25) is 0 Å². The van der Waals surface area contributed by atoms with Crippen molar-refractivity contribution < 1.29 is 29.1 Å². The topological polar surface area (TPSA) is 127 Å². The highest BCUT2D eigenvalue weighted by Crippen LogP contribution is 2.45. The summed E-state index contributed by atoms with van der Waals surface area (Å²) in [7, 11) is 0. The van der Waals surface area contributed by atoms with Gasteiger partial charge in [-0.1, -0.05) is 48.5 Å². The highest BCUT2D eigenvalue weighted by atomic mass is 16.7. The number of para-hydroxylation sites is 1. The van der Waals surface area contributed by atoms with Crippen LogP contribution in [0.4, 0.5) is 0 Å². The summed E-state index contributed by atoms with van der Waals surface area (Å²) in [5.41, 5.74) is 7.51. The number of rotatable bonds is 6. The molecule has 8 rings (SSSR count). The van der Waals surface area contributed by atoms with Crippen LogP contribution >= 0.6 is 0 Å². The second-order valence-electron chi connectivity index (χ2n) is 12.6. The first-order valence-corrected chi connectivity index (χ1v) is 16.0. The van der Waals surface area contributed by atoms with Crippen LogP contribution in [0.15, 0.2) is 72.8 Å². The van der Waals surface area contributed by atoms with E-state index < -0.39 is 18.0 Å². The van der Waals surface area contributed by atoms with E-state index in [1.807, 2.05) is 65.6 Å². The molecule has 0 bridgehead atoms. The van der Waals surface area contributed by atoms with Gasteiger partial charge in [-0.3, -0.25) is 24.5 Å². The van der Waals surface area contributed by atoms with Crippen molar-refractivity contribution in [1.29, 1.82) is 0 Å². The fourth-order valence-corrected chi connectivity index (χ4v) is 7.62. The van der Waals surface area contributed by atoms with Crippen molar-refractivity contribution in [2.75, 3.05) is 26.4 Å². The zero-order valence-electron chi connectivity index (χ0n) is 25.7. The number of carbonyl (C=O) groups excluding carboxylic acids is 3. The summed E-state index contributed by atoms with van der Waals surface area (Å²) in [5.74, 6) is 0.717. The number of amides is 3. The maximum absolute atomic E-state index is 14.4. The maximum atomic E-state index is 14.4. The molecule has 3 aromatic carbocycles. The van der Waals surface area contributed by atoms with E-state index in [4.69, 9.17) is 14.7 Å². The van der Waals surface area contributed by atoms with Crippen molar-refractivity contribution in [3.63, 3.8) is 0 Å².